The lowest BCUT2D eigenvalue weighted by atomic mass is 9.97. The lowest BCUT2D eigenvalue weighted by Gasteiger charge is -2.40. The van der Waals surface area contributed by atoms with Crippen molar-refractivity contribution in [1.29, 1.82) is 0 Å². The fourth-order valence-electron chi connectivity index (χ4n) is 2.86. The van der Waals surface area contributed by atoms with Crippen LogP contribution in [0.15, 0.2) is 0 Å². The minimum atomic E-state index is -1.45. The second-order valence-corrected chi connectivity index (χ2v) is 6.88. The molecule has 11 N–H and O–H groups in total. The van der Waals surface area contributed by atoms with Crippen molar-refractivity contribution in [2.24, 2.45) is 5.73 Å². The summed E-state index contributed by atoms with van der Waals surface area (Å²) in [5, 5.41) is 76.1. The van der Waals surface area contributed by atoms with Crippen LogP contribution >= 0.6 is 0 Å². The summed E-state index contributed by atoms with van der Waals surface area (Å²) < 4.78 is 9.59. The molecule has 2 rings (SSSR count). The summed E-state index contributed by atoms with van der Waals surface area (Å²) in [6.45, 7) is 0.827. The SMILES string of the molecule is CCCC(=O)N[C@H]1C(O)O[C@H](CO)[C@@H](O)[C@@H]1O.N[C@@H]1[C@@H](O)[C@H](O)[C@@H](CO)O[C@H]1O. The molecule has 2 aliphatic heterocycles. The smallest absolute Gasteiger partial charge is 0.220 e. The van der Waals surface area contributed by atoms with Crippen LogP contribution in [0.25, 0.3) is 0 Å². The van der Waals surface area contributed by atoms with Crippen molar-refractivity contribution in [3.63, 3.8) is 0 Å². The zero-order chi connectivity index (χ0) is 22.3. The first-order valence-corrected chi connectivity index (χ1v) is 9.24. The lowest BCUT2D eigenvalue weighted by Crippen LogP contribution is -2.64. The van der Waals surface area contributed by atoms with Gasteiger partial charge < -0.3 is 61.4 Å². The van der Waals surface area contributed by atoms with Gasteiger partial charge in [-0.15, -0.1) is 0 Å². The van der Waals surface area contributed by atoms with Gasteiger partial charge in [0.25, 0.3) is 0 Å². The summed E-state index contributed by atoms with van der Waals surface area (Å²) in [5.74, 6) is -0.339. The van der Waals surface area contributed by atoms with Crippen molar-refractivity contribution < 1.29 is 55.1 Å². The van der Waals surface area contributed by atoms with Crippen LogP contribution < -0.4 is 11.1 Å². The number of hydrogen-bond donors (Lipinski definition) is 10. The first-order chi connectivity index (χ1) is 13.6. The van der Waals surface area contributed by atoms with Crippen LogP contribution in [0.4, 0.5) is 0 Å². The van der Waals surface area contributed by atoms with Crippen molar-refractivity contribution in [3.8, 4) is 0 Å². The molecular weight excluding hydrogens is 396 g/mol. The molecule has 0 aromatic carbocycles. The predicted molar refractivity (Wildman–Crippen MR) is 94.8 cm³/mol. The van der Waals surface area contributed by atoms with Gasteiger partial charge in [0.05, 0.1) is 19.3 Å². The minimum absolute atomic E-state index is 0.259. The third-order valence-corrected chi connectivity index (χ3v) is 4.65. The van der Waals surface area contributed by atoms with Gasteiger partial charge in [-0.2, -0.15) is 0 Å². The molecule has 172 valence electrons. The number of nitrogens with one attached hydrogen (secondary N) is 1. The van der Waals surface area contributed by atoms with Crippen LogP contribution in [-0.4, -0.2) is 121 Å². The van der Waals surface area contributed by atoms with Crippen LogP contribution in [0, 0.1) is 0 Å². The maximum atomic E-state index is 11.3. The molecule has 13 nitrogen and oxygen atoms in total. The molecule has 1 amide bonds. The monoisotopic (exact) mass is 428 g/mol. The highest BCUT2D eigenvalue weighted by Crippen LogP contribution is 2.20. The Balaban J connectivity index is 0.000000308. The van der Waals surface area contributed by atoms with Gasteiger partial charge in [0.2, 0.25) is 5.91 Å². The van der Waals surface area contributed by atoms with E-state index < -0.39 is 74.5 Å². The predicted octanol–water partition coefficient (Wildman–Crippen LogP) is -5.55. The summed E-state index contributed by atoms with van der Waals surface area (Å²) in [6.07, 6.45) is -9.20. The molecule has 2 aliphatic rings. The molecule has 0 radical (unpaired) electrons. The molecule has 2 saturated heterocycles. The van der Waals surface area contributed by atoms with E-state index in [1.54, 1.807) is 0 Å². The number of carbonyl (C=O) groups excluding carboxylic acids is 1. The second-order valence-electron chi connectivity index (χ2n) is 6.88. The summed E-state index contributed by atoms with van der Waals surface area (Å²) in [7, 11) is 0. The number of aliphatic hydroxyl groups is 8. The summed E-state index contributed by atoms with van der Waals surface area (Å²) in [6, 6.07) is -2.13. The molecular formula is C16H32N2O11. The van der Waals surface area contributed by atoms with Gasteiger partial charge in [0.1, 0.15) is 42.7 Å². The molecule has 1 unspecified atom stereocenters. The van der Waals surface area contributed by atoms with Crippen LogP contribution in [0.1, 0.15) is 19.8 Å². The highest BCUT2D eigenvalue weighted by atomic mass is 16.6. The number of hydrogen-bond acceptors (Lipinski definition) is 12. The quantitative estimate of drug-likeness (QED) is 0.197. The van der Waals surface area contributed by atoms with E-state index in [-0.39, 0.29) is 12.3 Å². The van der Waals surface area contributed by atoms with Crippen molar-refractivity contribution in [1.82, 2.24) is 5.32 Å². The molecule has 2 heterocycles. The maximum Gasteiger partial charge on any atom is 0.220 e. The Hall–Kier alpha value is -0.970. The minimum Gasteiger partial charge on any atom is -0.394 e. The van der Waals surface area contributed by atoms with E-state index in [1.165, 1.54) is 0 Å². The van der Waals surface area contributed by atoms with E-state index in [2.05, 4.69) is 5.32 Å². The molecule has 0 aromatic rings. The van der Waals surface area contributed by atoms with Crippen molar-refractivity contribution in [2.75, 3.05) is 13.2 Å². The number of aliphatic hydroxyl groups excluding tert-OH is 8. The average molecular weight is 428 g/mol. The van der Waals surface area contributed by atoms with Crippen LogP contribution in [0.2, 0.25) is 0 Å². The van der Waals surface area contributed by atoms with Gasteiger partial charge in [-0.3, -0.25) is 4.79 Å². The Kier molecular flexibility index (Phi) is 10.8. The number of rotatable bonds is 5. The van der Waals surface area contributed by atoms with Gasteiger partial charge in [0, 0.05) is 6.42 Å². The Morgan fingerprint density at radius 1 is 0.862 bits per heavy atom. The fourth-order valence-corrected chi connectivity index (χ4v) is 2.86. The lowest BCUT2D eigenvalue weighted by molar-refractivity contribution is -0.253. The van der Waals surface area contributed by atoms with E-state index in [1.807, 2.05) is 6.92 Å². The van der Waals surface area contributed by atoms with Gasteiger partial charge >= 0.3 is 0 Å². The van der Waals surface area contributed by atoms with Crippen molar-refractivity contribution in [3.05, 3.63) is 0 Å². The average Bonchev–Trinajstić information content (AvgIpc) is 2.69. The maximum absolute atomic E-state index is 11.3. The molecule has 10 atom stereocenters. The summed E-state index contributed by atoms with van der Waals surface area (Å²) in [4.78, 5) is 11.3. The number of nitrogens with two attached hydrogens (primary N) is 1. The molecule has 0 bridgehead atoms. The summed E-state index contributed by atoms with van der Waals surface area (Å²) >= 11 is 0. The molecule has 0 aromatic heterocycles. The largest absolute Gasteiger partial charge is 0.394 e. The van der Waals surface area contributed by atoms with E-state index in [9.17, 15) is 30.3 Å². The van der Waals surface area contributed by atoms with E-state index in [0.29, 0.717) is 6.42 Å². The van der Waals surface area contributed by atoms with Gasteiger partial charge in [0.15, 0.2) is 12.6 Å². The Labute approximate surface area is 167 Å². The van der Waals surface area contributed by atoms with Gasteiger partial charge in [-0.1, -0.05) is 6.92 Å². The van der Waals surface area contributed by atoms with Crippen molar-refractivity contribution >= 4 is 5.91 Å². The first-order valence-electron chi connectivity index (χ1n) is 9.24. The van der Waals surface area contributed by atoms with Crippen molar-refractivity contribution in [2.45, 2.75) is 81.1 Å². The van der Waals surface area contributed by atoms with E-state index in [4.69, 9.17) is 30.5 Å². The Bertz CT molecular complexity index is 495. The normalized spacial score (nSPS) is 42.6. The zero-order valence-corrected chi connectivity index (χ0v) is 16.0. The third kappa shape index (κ3) is 6.77. The zero-order valence-electron chi connectivity index (χ0n) is 16.0. The number of amides is 1. The van der Waals surface area contributed by atoms with Crippen LogP contribution in [-0.2, 0) is 14.3 Å². The molecule has 29 heavy (non-hydrogen) atoms. The Morgan fingerprint density at radius 3 is 1.83 bits per heavy atom. The van der Waals surface area contributed by atoms with Gasteiger partial charge in [-0.05, 0) is 6.42 Å². The van der Waals surface area contributed by atoms with Gasteiger partial charge in [-0.25, -0.2) is 0 Å². The summed E-state index contributed by atoms with van der Waals surface area (Å²) in [5.41, 5.74) is 5.26. The molecule has 0 saturated carbocycles. The molecule has 2 fully saturated rings. The number of carbonyl (C=O) groups is 1. The van der Waals surface area contributed by atoms with E-state index >= 15 is 0 Å². The highest BCUT2D eigenvalue weighted by molar-refractivity contribution is 5.76. The molecule has 0 spiro atoms. The standard InChI is InChI=1S/C10H19NO6.C6H13NO5/c1-2-3-6(13)11-7-9(15)8(14)5(4-12)17-10(7)16;7-3-5(10)4(9)2(1-8)12-6(3)11/h5,7-10,12,14-16H,2-4H2,1H3,(H,11,13);2-6,8-11H,1,7H2/t5-,7-,8-,9-,10?;2-,3-,4-,5-,6-/m11/s1. The third-order valence-electron chi connectivity index (χ3n) is 4.65. The fraction of sp³-hybridized carbons (Fsp3) is 0.938. The highest BCUT2D eigenvalue weighted by Gasteiger charge is 2.44. The number of ether oxygens (including phenoxy) is 2. The molecule has 13 heteroatoms. The van der Waals surface area contributed by atoms with Crippen LogP contribution in [0.5, 0.6) is 0 Å². The van der Waals surface area contributed by atoms with E-state index in [0.717, 1.165) is 0 Å². The topological polar surface area (TPSA) is 235 Å². The van der Waals surface area contributed by atoms with Crippen LogP contribution in [0.3, 0.4) is 0 Å². The Morgan fingerprint density at radius 2 is 1.34 bits per heavy atom. The second kappa shape index (κ2) is 12.0. The molecule has 0 aliphatic carbocycles. The first kappa shape index (κ1) is 26.1.